The molecule has 2 aromatic rings. The number of nitrogens with two attached hydrogens (primary N) is 2. The molecule has 1 saturated heterocycles. The lowest BCUT2D eigenvalue weighted by atomic mass is 10.2. The van der Waals surface area contributed by atoms with Crippen molar-refractivity contribution in [2.24, 2.45) is 16.5 Å². The molecule has 1 aromatic carbocycles. The third kappa shape index (κ3) is 3.84. The predicted octanol–water partition coefficient (Wildman–Crippen LogP) is 2.72. The minimum atomic E-state index is -0.0623. The maximum absolute atomic E-state index is 12.7. The zero-order valence-corrected chi connectivity index (χ0v) is 15.6. The van der Waals surface area contributed by atoms with Gasteiger partial charge in [0.2, 0.25) is 0 Å². The fourth-order valence-corrected chi connectivity index (χ4v) is 3.80. The Bertz CT molecular complexity index is 842. The molecular weight excluding hydrogens is 346 g/mol. The number of aliphatic imine (C=N–C) groups is 1. The van der Waals surface area contributed by atoms with Crippen LogP contribution in [0.25, 0.3) is 5.57 Å². The summed E-state index contributed by atoms with van der Waals surface area (Å²) in [7, 11) is 0. The number of aryl methyl sites for hydroxylation is 1. The Balaban J connectivity index is 1.77. The molecule has 1 aromatic heterocycles. The average Bonchev–Trinajstić information content (AvgIpc) is 3.32. The Labute approximate surface area is 157 Å². The van der Waals surface area contributed by atoms with Crippen molar-refractivity contribution in [1.82, 2.24) is 9.88 Å². The number of allylic oxidation sites excluding steroid dienone is 1. The van der Waals surface area contributed by atoms with E-state index in [0.29, 0.717) is 22.8 Å². The van der Waals surface area contributed by atoms with Crippen molar-refractivity contribution >= 4 is 34.7 Å². The van der Waals surface area contributed by atoms with Crippen molar-refractivity contribution in [3.8, 4) is 0 Å². The van der Waals surface area contributed by atoms with Crippen LogP contribution in [0.4, 0.5) is 5.69 Å². The molecule has 1 amide bonds. The van der Waals surface area contributed by atoms with Crippen LogP contribution in [-0.4, -0.2) is 41.1 Å². The molecule has 6 nitrogen and oxygen atoms in total. The van der Waals surface area contributed by atoms with Gasteiger partial charge in [-0.25, -0.2) is 4.98 Å². The highest BCUT2D eigenvalue weighted by molar-refractivity contribution is 7.11. The van der Waals surface area contributed by atoms with Crippen LogP contribution in [0.2, 0.25) is 0 Å². The van der Waals surface area contributed by atoms with Crippen LogP contribution >= 0.6 is 11.3 Å². The summed E-state index contributed by atoms with van der Waals surface area (Å²) in [6.45, 7) is 3.23. The van der Waals surface area contributed by atoms with E-state index in [4.69, 9.17) is 11.5 Å². The SMILES string of the molecule is Cc1ccccc1N=C/C(=C\N)c1nc(C(=O)N2CCC[C@@H]2CN)cs1. The number of thiazole rings is 1. The number of hydrogen-bond acceptors (Lipinski definition) is 6. The normalized spacial score (nSPS) is 18.0. The lowest BCUT2D eigenvalue weighted by Gasteiger charge is -2.22. The van der Waals surface area contributed by atoms with E-state index in [0.717, 1.165) is 30.6 Å². The van der Waals surface area contributed by atoms with Gasteiger partial charge in [-0.1, -0.05) is 18.2 Å². The molecule has 1 aliphatic heterocycles. The van der Waals surface area contributed by atoms with Crippen LogP contribution in [0.15, 0.2) is 40.8 Å². The molecule has 0 unspecified atom stereocenters. The maximum Gasteiger partial charge on any atom is 0.273 e. The van der Waals surface area contributed by atoms with Crippen LogP contribution in [0.3, 0.4) is 0 Å². The molecule has 4 N–H and O–H groups in total. The number of likely N-dealkylation sites (tertiary alicyclic amines) is 1. The number of hydrogen-bond donors (Lipinski definition) is 2. The highest BCUT2D eigenvalue weighted by atomic mass is 32.1. The number of carbonyl (C=O) groups excluding carboxylic acids is 1. The van der Waals surface area contributed by atoms with E-state index in [1.807, 2.05) is 36.1 Å². The molecule has 3 rings (SSSR count). The van der Waals surface area contributed by atoms with Gasteiger partial charge >= 0.3 is 0 Å². The van der Waals surface area contributed by atoms with E-state index >= 15 is 0 Å². The Morgan fingerprint density at radius 1 is 1.46 bits per heavy atom. The van der Waals surface area contributed by atoms with E-state index in [9.17, 15) is 4.79 Å². The fraction of sp³-hybridized carbons (Fsp3) is 0.316. The number of para-hydroxylation sites is 1. The summed E-state index contributed by atoms with van der Waals surface area (Å²) >= 11 is 1.39. The molecule has 7 heteroatoms. The predicted molar refractivity (Wildman–Crippen MR) is 107 cm³/mol. The largest absolute Gasteiger partial charge is 0.404 e. The molecule has 26 heavy (non-hydrogen) atoms. The van der Waals surface area contributed by atoms with Gasteiger partial charge < -0.3 is 16.4 Å². The molecular formula is C19H23N5OS. The summed E-state index contributed by atoms with van der Waals surface area (Å²) in [6.07, 6.45) is 5.10. The third-order valence-electron chi connectivity index (χ3n) is 4.52. The number of aromatic nitrogens is 1. The quantitative estimate of drug-likeness (QED) is 0.792. The van der Waals surface area contributed by atoms with E-state index in [1.54, 1.807) is 11.6 Å². The number of carbonyl (C=O) groups is 1. The van der Waals surface area contributed by atoms with Crippen molar-refractivity contribution in [3.63, 3.8) is 0 Å². The maximum atomic E-state index is 12.7. The number of benzene rings is 1. The summed E-state index contributed by atoms with van der Waals surface area (Å²) in [5.41, 5.74) is 14.6. The molecule has 1 atom stereocenters. The monoisotopic (exact) mass is 369 g/mol. The lowest BCUT2D eigenvalue weighted by molar-refractivity contribution is 0.0736. The molecule has 0 aliphatic carbocycles. The zero-order chi connectivity index (χ0) is 18.5. The van der Waals surface area contributed by atoms with Gasteiger partial charge in [0.15, 0.2) is 0 Å². The second-order valence-corrected chi connectivity index (χ2v) is 7.09. The topological polar surface area (TPSA) is 97.6 Å². The van der Waals surface area contributed by atoms with Gasteiger partial charge in [-0.15, -0.1) is 11.3 Å². The Morgan fingerprint density at radius 2 is 2.27 bits per heavy atom. The standard InChI is InChI=1S/C19H23N5OS/c1-13-5-2-3-7-16(13)22-11-14(9-20)18-23-17(12-26-18)19(25)24-8-4-6-15(24)10-21/h2-3,5,7,9,11-12,15H,4,6,8,10,20-21H2,1H3/b14-9+,22-11?/t15-/m1/s1. The van der Waals surface area contributed by atoms with Gasteiger partial charge in [0.05, 0.1) is 5.69 Å². The first kappa shape index (κ1) is 18.3. The van der Waals surface area contributed by atoms with Gasteiger partial charge in [-0.2, -0.15) is 0 Å². The second-order valence-electron chi connectivity index (χ2n) is 6.23. The van der Waals surface area contributed by atoms with Crippen molar-refractivity contribution < 1.29 is 4.79 Å². The highest BCUT2D eigenvalue weighted by Gasteiger charge is 2.29. The number of nitrogens with zero attached hydrogens (tertiary/aromatic N) is 3. The summed E-state index contributed by atoms with van der Waals surface area (Å²) in [4.78, 5) is 23.5. The smallest absolute Gasteiger partial charge is 0.273 e. The van der Waals surface area contributed by atoms with Crippen molar-refractivity contribution in [2.45, 2.75) is 25.8 Å². The molecule has 2 heterocycles. The van der Waals surface area contributed by atoms with E-state index in [1.165, 1.54) is 17.5 Å². The van der Waals surface area contributed by atoms with Crippen molar-refractivity contribution in [2.75, 3.05) is 13.1 Å². The average molecular weight is 369 g/mol. The lowest BCUT2D eigenvalue weighted by Crippen LogP contribution is -2.40. The van der Waals surface area contributed by atoms with Gasteiger partial charge in [-0.05, 0) is 31.4 Å². The first-order chi connectivity index (χ1) is 12.6. The minimum absolute atomic E-state index is 0.0623. The number of rotatable bonds is 5. The summed E-state index contributed by atoms with van der Waals surface area (Å²) in [5.74, 6) is -0.0623. The molecule has 0 saturated carbocycles. The van der Waals surface area contributed by atoms with Crippen LogP contribution in [0.1, 0.15) is 33.9 Å². The van der Waals surface area contributed by atoms with E-state index < -0.39 is 0 Å². The van der Waals surface area contributed by atoms with Crippen molar-refractivity contribution in [3.05, 3.63) is 52.1 Å². The van der Waals surface area contributed by atoms with Gasteiger partial charge in [0, 0.05) is 42.5 Å². The Morgan fingerprint density at radius 3 is 3.00 bits per heavy atom. The fourth-order valence-electron chi connectivity index (χ4n) is 3.02. The van der Waals surface area contributed by atoms with Gasteiger partial charge in [0.1, 0.15) is 10.7 Å². The van der Waals surface area contributed by atoms with Crippen LogP contribution < -0.4 is 11.5 Å². The van der Waals surface area contributed by atoms with Crippen LogP contribution in [0.5, 0.6) is 0 Å². The Hall–Kier alpha value is -2.51. The second kappa shape index (κ2) is 8.25. The summed E-state index contributed by atoms with van der Waals surface area (Å²) < 4.78 is 0. The van der Waals surface area contributed by atoms with E-state index in [2.05, 4.69) is 9.98 Å². The minimum Gasteiger partial charge on any atom is -0.404 e. The molecule has 0 bridgehead atoms. The van der Waals surface area contributed by atoms with Crippen molar-refractivity contribution in [1.29, 1.82) is 0 Å². The zero-order valence-electron chi connectivity index (χ0n) is 14.8. The summed E-state index contributed by atoms with van der Waals surface area (Å²) in [5, 5.41) is 2.45. The highest BCUT2D eigenvalue weighted by Crippen LogP contribution is 2.24. The summed E-state index contributed by atoms with van der Waals surface area (Å²) in [6, 6.07) is 7.97. The molecule has 1 fully saturated rings. The van der Waals surface area contributed by atoms with Gasteiger partial charge in [0.25, 0.3) is 5.91 Å². The van der Waals surface area contributed by atoms with Crippen LogP contribution in [0, 0.1) is 6.92 Å². The Kier molecular flexibility index (Phi) is 5.80. The number of amides is 1. The molecule has 136 valence electrons. The van der Waals surface area contributed by atoms with Gasteiger partial charge in [-0.3, -0.25) is 9.79 Å². The first-order valence-electron chi connectivity index (χ1n) is 8.62. The molecule has 0 radical (unpaired) electrons. The van der Waals surface area contributed by atoms with E-state index in [-0.39, 0.29) is 11.9 Å². The molecule has 0 spiro atoms. The first-order valence-corrected chi connectivity index (χ1v) is 9.50. The van der Waals surface area contributed by atoms with Crippen LogP contribution in [-0.2, 0) is 0 Å². The third-order valence-corrected chi connectivity index (χ3v) is 5.41. The molecule has 1 aliphatic rings.